The summed E-state index contributed by atoms with van der Waals surface area (Å²) in [7, 11) is 0. The number of benzene rings is 5. The second kappa shape index (κ2) is 9.88. The average molecular weight is 500 g/mol. The van der Waals surface area contributed by atoms with Gasteiger partial charge >= 0.3 is 0 Å². The third-order valence-electron chi connectivity index (χ3n) is 7.09. The van der Waals surface area contributed by atoms with E-state index in [0.29, 0.717) is 0 Å². The molecule has 0 amide bonds. The van der Waals surface area contributed by atoms with Crippen LogP contribution < -0.4 is 0 Å². The number of para-hydroxylation sites is 2. The first kappa shape index (κ1) is 22.9. The molecule has 184 valence electrons. The Labute approximate surface area is 227 Å². The molecular weight excluding hydrogens is 474 g/mol. The van der Waals surface area contributed by atoms with E-state index < -0.39 is 0 Å². The summed E-state index contributed by atoms with van der Waals surface area (Å²) in [5, 5.41) is 6.43. The second-order valence-electron chi connectivity index (χ2n) is 9.48. The summed E-state index contributed by atoms with van der Waals surface area (Å²) in [6, 6.07) is 50.4. The maximum atomic E-state index is 5.34. The normalized spacial score (nSPS) is 11.1. The predicted octanol–water partition coefficient (Wildman–Crippen LogP) is 9.09. The molecule has 0 fully saturated rings. The quantitative estimate of drug-likeness (QED) is 0.236. The summed E-state index contributed by atoms with van der Waals surface area (Å²) in [4.78, 5) is 4.88. The highest BCUT2D eigenvalue weighted by atomic mass is 15.3. The van der Waals surface area contributed by atoms with Gasteiger partial charge in [-0.2, -0.15) is 5.10 Å². The Morgan fingerprint density at radius 1 is 0.462 bits per heavy atom. The number of fused-ring (bicyclic) bond motifs is 1. The van der Waals surface area contributed by atoms with Gasteiger partial charge in [0.2, 0.25) is 0 Å². The van der Waals surface area contributed by atoms with Crippen LogP contribution in [-0.4, -0.2) is 14.8 Å². The molecule has 0 aliphatic rings. The summed E-state index contributed by atoms with van der Waals surface area (Å²) >= 11 is 0. The predicted molar refractivity (Wildman–Crippen MR) is 161 cm³/mol. The SMILES string of the molecule is c1ccc(-c2cnc3ccccc3c2-c2c(-c3ccccc3)c(-c3ccccc3)nn2-c2ccccc2)cc1. The van der Waals surface area contributed by atoms with Crippen molar-refractivity contribution < 1.29 is 0 Å². The van der Waals surface area contributed by atoms with Crippen LogP contribution in [0.4, 0.5) is 0 Å². The van der Waals surface area contributed by atoms with Gasteiger partial charge < -0.3 is 0 Å². The summed E-state index contributed by atoms with van der Waals surface area (Å²) in [6.07, 6.45) is 2.01. The van der Waals surface area contributed by atoms with Gasteiger partial charge in [0.05, 0.1) is 16.9 Å². The van der Waals surface area contributed by atoms with Crippen LogP contribution in [0, 0.1) is 0 Å². The molecule has 0 atom stereocenters. The molecule has 2 aromatic heterocycles. The Hall–Kier alpha value is -5.28. The molecule has 7 rings (SSSR count). The van der Waals surface area contributed by atoms with Crippen molar-refractivity contribution in [1.82, 2.24) is 14.8 Å². The molecule has 0 spiro atoms. The Balaban J connectivity index is 1.69. The fraction of sp³-hybridized carbons (Fsp3) is 0. The maximum Gasteiger partial charge on any atom is 0.101 e. The van der Waals surface area contributed by atoms with E-state index >= 15 is 0 Å². The Morgan fingerprint density at radius 3 is 1.67 bits per heavy atom. The third kappa shape index (κ3) is 4.11. The molecule has 2 heterocycles. The standard InChI is InChI=1S/C36H25N3/c1-5-15-26(16-6-1)31-25-37-32-24-14-13-23-30(32)34(31)36-33(27-17-7-2-8-18-27)35(28-19-9-3-10-20-28)38-39(36)29-21-11-4-12-22-29/h1-25H. The number of nitrogens with zero attached hydrogens (tertiary/aromatic N) is 3. The molecule has 5 aromatic carbocycles. The van der Waals surface area contributed by atoms with Gasteiger partial charge in [0, 0.05) is 33.8 Å². The summed E-state index contributed by atoms with van der Waals surface area (Å²) < 4.78 is 2.11. The van der Waals surface area contributed by atoms with E-state index in [2.05, 4.69) is 132 Å². The van der Waals surface area contributed by atoms with Crippen LogP contribution in [-0.2, 0) is 0 Å². The van der Waals surface area contributed by atoms with E-state index in [4.69, 9.17) is 10.1 Å². The lowest BCUT2D eigenvalue weighted by Crippen LogP contribution is -2.02. The van der Waals surface area contributed by atoms with Crippen molar-refractivity contribution >= 4 is 10.9 Å². The number of pyridine rings is 1. The van der Waals surface area contributed by atoms with E-state index in [1.807, 2.05) is 24.4 Å². The van der Waals surface area contributed by atoms with Crippen LogP contribution in [0.3, 0.4) is 0 Å². The molecule has 0 radical (unpaired) electrons. The van der Waals surface area contributed by atoms with Crippen LogP contribution in [0.1, 0.15) is 0 Å². The number of aromatic nitrogens is 3. The third-order valence-corrected chi connectivity index (χ3v) is 7.09. The zero-order valence-corrected chi connectivity index (χ0v) is 21.3. The van der Waals surface area contributed by atoms with E-state index in [9.17, 15) is 0 Å². The molecule has 0 aliphatic heterocycles. The molecule has 3 nitrogen and oxygen atoms in total. The van der Waals surface area contributed by atoms with Crippen LogP contribution in [0.2, 0.25) is 0 Å². The van der Waals surface area contributed by atoms with E-state index in [0.717, 1.165) is 61.4 Å². The van der Waals surface area contributed by atoms with Crippen molar-refractivity contribution in [2.24, 2.45) is 0 Å². The molecule has 0 aliphatic carbocycles. The minimum Gasteiger partial charge on any atom is -0.256 e. The summed E-state index contributed by atoms with van der Waals surface area (Å²) in [5.74, 6) is 0. The van der Waals surface area contributed by atoms with Gasteiger partial charge in [-0.05, 0) is 29.3 Å². The first-order valence-electron chi connectivity index (χ1n) is 13.1. The van der Waals surface area contributed by atoms with Crippen LogP contribution in [0.5, 0.6) is 0 Å². The van der Waals surface area contributed by atoms with Gasteiger partial charge in [-0.3, -0.25) is 4.98 Å². The first-order valence-corrected chi connectivity index (χ1v) is 13.1. The highest BCUT2D eigenvalue weighted by molar-refractivity contribution is 6.07. The molecule has 0 saturated carbocycles. The molecule has 7 aromatic rings. The Bertz CT molecular complexity index is 1870. The summed E-state index contributed by atoms with van der Waals surface area (Å²) in [5.41, 5.74) is 10.5. The van der Waals surface area contributed by atoms with Gasteiger partial charge in [-0.1, -0.05) is 127 Å². The van der Waals surface area contributed by atoms with Crippen molar-refractivity contribution in [3.63, 3.8) is 0 Å². The van der Waals surface area contributed by atoms with Gasteiger partial charge in [0.1, 0.15) is 5.69 Å². The lowest BCUT2D eigenvalue weighted by Gasteiger charge is -2.17. The Kier molecular flexibility index (Phi) is 5.80. The topological polar surface area (TPSA) is 30.7 Å². The molecule has 39 heavy (non-hydrogen) atoms. The highest BCUT2D eigenvalue weighted by Gasteiger charge is 2.26. The molecule has 0 saturated heterocycles. The number of hydrogen-bond donors (Lipinski definition) is 0. The second-order valence-corrected chi connectivity index (χ2v) is 9.48. The highest BCUT2D eigenvalue weighted by Crippen LogP contribution is 2.46. The van der Waals surface area contributed by atoms with E-state index in [-0.39, 0.29) is 0 Å². The van der Waals surface area contributed by atoms with Gasteiger partial charge in [-0.15, -0.1) is 0 Å². The molecule has 0 unspecified atom stereocenters. The van der Waals surface area contributed by atoms with Gasteiger partial charge in [0.25, 0.3) is 0 Å². The van der Waals surface area contributed by atoms with Crippen LogP contribution >= 0.6 is 0 Å². The van der Waals surface area contributed by atoms with E-state index in [1.54, 1.807) is 0 Å². The smallest absolute Gasteiger partial charge is 0.101 e. The lowest BCUT2D eigenvalue weighted by atomic mass is 9.90. The van der Waals surface area contributed by atoms with Gasteiger partial charge in [-0.25, -0.2) is 4.68 Å². The lowest BCUT2D eigenvalue weighted by molar-refractivity contribution is 0.893. The fourth-order valence-electron chi connectivity index (χ4n) is 5.31. The fourth-order valence-corrected chi connectivity index (χ4v) is 5.31. The average Bonchev–Trinajstić information content (AvgIpc) is 3.42. The maximum absolute atomic E-state index is 5.34. The van der Waals surface area contributed by atoms with Crippen molar-refractivity contribution in [2.45, 2.75) is 0 Å². The molecular formula is C36H25N3. The van der Waals surface area contributed by atoms with Crippen molar-refractivity contribution in [1.29, 1.82) is 0 Å². The van der Waals surface area contributed by atoms with Crippen LogP contribution in [0.25, 0.3) is 61.4 Å². The molecule has 0 N–H and O–H groups in total. The monoisotopic (exact) mass is 499 g/mol. The largest absolute Gasteiger partial charge is 0.256 e. The molecule has 0 bridgehead atoms. The van der Waals surface area contributed by atoms with Crippen LogP contribution in [0.15, 0.2) is 152 Å². The first-order chi connectivity index (χ1) is 19.4. The summed E-state index contributed by atoms with van der Waals surface area (Å²) in [6.45, 7) is 0. The number of rotatable bonds is 5. The van der Waals surface area contributed by atoms with Crippen molar-refractivity contribution in [3.8, 4) is 50.5 Å². The zero-order valence-electron chi connectivity index (χ0n) is 21.3. The molecule has 3 heteroatoms. The van der Waals surface area contributed by atoms with Crippen molar-refractivity contribution in [3.05, 3.63) is 152 Å². The van der Waals surface area contributed by atoms with E-state index in [1.165, 1.54) is 0 Å². The Morgan fingerprint density at radius 2 is 1.00 bits per heavy atom. The zero-order chi connectivity index (χ0) is 26.0. The van der Waals surface area contributed by atoms with Crippen molar-refractivity contribution in [2.75, 3.05) is 0 Å². The minimum atomic E-state index is 0.945. The number of hydrogen-bond acceptors (Lipinski definition) is 2. The van der Waals surface area contributed by atoms with Gasteiger partial charge in [0.15, 0.2) is 0 Å². The minimum absolute atomic E-state index is 0.945.